The van der Waals surface area contributed by atoms with Crippen molar-refractivity contribution in [3.8, 4) is 5.69 Å². The summed E-state index contributed by atoms with van der Waals surface area (Å²) in [6.45, 7) is -0.0743. The molecule has 1 amide bonds. The number of amides is 1. The summed E-state index contributed by atoms with van der Waals surface area (Å²) in [6, 6.07) is 11.3. The molecule has 0 fully saturated rings. The summed E-state index contributed by atoms with van der Waals surface area (Å²) in [5.74, 6) is -1.25. The largest absolute Gasteiger partial charge is 0.350 e. The van der Waals surface area contributed by atoms with Crippen LogP contribution in [0.4, 0.5) is 8.78 Å². The maximum atomic E-state index is 13.5. The van der Waals surface area contributed by atoms with E-state index in [2.05, 4.69) is 20.6 Å². The van der Waals surface area contributed by atoms with Crippen LogP contribution in [-0.4, -0.2) is 30.5 Å². The fourth-order valence-corrected chi connectivity index (χ4v) is 2.75. The molecule has 0 radical (unpaired) electrons. The highest BCUT2D eigenvalue weighted by Crippen LogP contribution is 2.12. The quantitative estimate of drug-likeness (QED) is 0.553. The van der Waals surface area contributed by atoms with Gasteiger partial charge in [-0.2, -0.15) is 4.68 Å². The first-order valence-electron chi connectivity index (χ1n) is 8.59. The normalized spacial score (nSPS) is 11.0. The minimum atomic E-state index is -0.547. The number of nitrogens with zero attached hydrogens (tertiary/aromatic N) is 5. The molecule has 0 aliphatic carbocycles. The Morgan fingerprint density at radius 3 is 2.62 bits per heavy atom. The smallest absolute Gasteiger partial charge is 0.284 e. The Hall–Kier alpha value is -3.95. The molecule has 29 heavy (non-hydrogen) atoms. The van der Waals surface area contributed by atoms with Crippen molar-refractivity contribution in [1.29, 1.82) is 0 Å². The first kappa shape index (κ1) is 18.4. The van der Waals surface area contributed by atoms with E-state index in [-0.39, 0.29) is 30.1 Å². The van der Waals surface area contributed by atoms with E-state index in [1.165, 1.54) is 41.3 Å². The second-order valence-corrected chi connectivity index (χ2v) is 6.23. The third kappa shape index (κ3) is 3.86. The van der Waals surface area contributed by atoms with Crippen LogP contribution in [0, 0.1) is 11.6 Å². The average molecular weight is 396 g/mol. The Labute approximate surface area is 162 Å². The highest BCUT2D eigenvalue weighted by atomic mass is 19.1. The van der Waals surface area contributed by atoms with E-state index < -0.39 is 17.3 Å². The van der Waals surface area contributed by atoms with Crippen LogP contribution >= 0.6 is 0 Å². The third-order valence-electron chi connectivity index (χ3n) is 4.20. The van der Waals surface area contributed by atoms with Gasteiger partial charge in [-0.15, -0.1) is 5.10 Å². The van der Waals surface area contributed by atoms with Gasteiger partial charge in [0.05, 0.1) is 5.69 Å². The van der Waals surface area contributed by atoms with Gasteiger partial charge in [0.1, 0.15) is 24.5 Å². The Balaban J connectivity index is 1.53. The highest BCUT2D eigenvalue weighted by Gasteiger charge is 2.15. The fraction of sp³-hybridized carbons (Fsp3) is 0.105. The maximum Gasteiger partial charge on any atom is 0.284 e. The van der Waals surface area contributed by atoms with Crippen molar-refractivity contribution in [3.05, 3.63) is 82.4 Å². The molecule has 1 N–H and O–H groups in total. The van der Waals surface area contributed by atoms with Gasteiger partial charge in [-0.05, 0) is 35.9 Å². The molecule has 0 unspecified atom stereocenters. The Kier molecular flexibility index (Phi) is 4.82. The molecule has 0 atom stereocenters. The third-order valence-corrected chi connectivity index (χ3v) is 4.20. The van der Waals surface area contributed by atoms with E-state index in [1.54, 1.807) is 18.2 Å². The topological polar surface area (TPSA) is 94.7 Å². The molecule has 0 aliphatic heterocycles. The first-order valence-corrected chi connectivity index (χ1v) is 8.59. The van der Waals surface area contributed by atoms with Gasteiger partial charge in [0, 0.05) is 6.54 Å². The Bertz CT molecular complexity index is 1250. The molecule has 4 aromatic rings. The van der Waals surface area contributed by atoms with Gasteiger partial charge >= 0.3 is 0 Å². The zero-order valence-corrected chi connectivity index (χ0v) is 14.9. The van der Waals surface area contributed by atoms with Crippen molar-refractivity contribution in [2.24, 2.45) is 0 Å². The van der Waals surface area contributed by atoms with Crippen molar-refractivity contribution in [1.82, 2.24) is 29.9 Å². The lowest BCUT2D eigenvalue weighted by Gasteiger charge is -2.07. The number of halogens is 2. The van der Waals surface area contributed by atoms with E-state index in [0.29, 0.717) is 5.69 Å². The molecule has 0 aliphatic rings. The van der Waals surface area contributed by atoms with Gasteiger partial charge in [-0.3, -0.25) is 14.2 Å². The van der Waals surface area contributed by atoms with Gasteiger partial charge in [0.15, 0.2) is 11.2 Å². The van der Waals surface area contributed by atoms with Crippen molar-refractivity contribution in [2.75, 3.05) is 0 Å². The van der Waals surface area contributed by atoms with Crippen molar-refractivity contribution in [3.63, 3.8) is 0 Å². The number of carbonyl (C=O) groups is 1. The zero-order chi connectivity index (χ0) is 20.4. The SMILES string of the molecule is O=C(Cn1cnc2c(nnn2-c2cccc(F)c2)c1=O)NCc1ccc(F)cc1. The highest BCUT2D eigenvalue weighted by molar-refractivity contribution is 5.76. The van der Waals surface area contributed by atoms with Crippen LogP contribution in [0.5, 0.6) is 0 Å². The summed E-state index contributed by atoms with van der Waals surface area (Å²) >= 11 is 0. The molecule has 0 bridgehead atoms. The molecular weight excluding hydrogens is 382 g/mol. The molecule has 2 aromatic heterocycles. The average Bonchev–Trinajstić information content (AvgIpc) is 3.15. The summed E-state index contributed by atoms with van der Waals surface area (Å²) in [6.07, 6.45) is 1.21. The molecule has 4 rings (SSSR count). The molecule has 8 nitrogen and oxygen atoms in total. The maximum absolute atomic E-state index is 13.5. The predicted octanol–water partition coefficient (Wildman–Crippen LogP) is 1.57. The molecule has 0 saturated carbocycles. The van der Waals surface area contributed by atoms with Gasteiger partial charge < -0.3 is 5.32 Å². The van der Waals surface area contributed by atoms with E-state index in [1.807, 2.05) is 0 Å². The number of hydrogen-bond acceptors (Lipinski definition) is 5. The van der Waals surface area contributed by atoms with Crippen LogP contribution in [0.3, 0.4) is 0 Å². The van der Waals surface area contributed by atoms with Gasteiger partial charge in [-0.1, -0.05) is 23.4 Å². The molecule has 146 valence electrons. The molecule has 0 spiro atoms. The van der Waals surface area contributed by atoms with E-state index in [0.717, 1.165) is 10.1 Å². The van der Waals surface area contributed by atoms with E-state index >= 15 is 0 Å². The zero-order valence-electron chi connectivity index (χ0n) is 14.9. The second-order valence-electron chi connectivity index (χ2n) is 6.23. The standard InChI is InChI=1S/C19H14F2N6O2/c20-13-6-4-12(5-7-13)9-22-16(28)10-26-11-23-18-17(19(26)29)24-25-27(18)15-3-1-2-14(21)8-15/h1-8,11H,9-10H2,(H,22,28). The summed E-state index contributed by atoms with van der Waals surface area (Å²) in [4.78, 5) is 28.9. The van der Waals surface area contributed by atoms with Crippen LogP contribution in [-0.2, 0) is 17.9 Å². The molecule has 10 heteroatoms. The lowest BCUT2D eigenvalue weighted by Crippen LogP contribution is -2.32. The van der Waals surface area contributed by atoms with Gasteiger partial charge in [0.2, 0.25) is 5.91 Å². The van der Waals surface area contributed by atoms with Crippen LogP contribution in [0.1, 0.15) is 5.56 Å². The van der Waals surface area contributed by atoms with Crippen molar-refractivity contribution in [2.45, 2.75) is 13.1 Å². The minimum absolute atomic E-state index is 0.0388. The van der Waals surface area contributed by atoms with Crippen LogP contribution in [0.15, 0.2) is 59.7 Å². The number of fused-ring (bicyclic) bond motifs is 1. The van der Waals surface area contributed by atoms with Gasteiger partial charge in [-0.25, -0.2) is 13.8 Å². The number of benzene rings is 2. The first-order chi connectivity index (χ1) is 14.0. The monoisotopic (exact) mass is 396 g/mol. The predicted molar refractivity (Wildman–Crippen MR) is 99.1 cm³/mol. The van der Waals surface area contributed by atoms with Crippen LogP contribution in [0.2, 0.25) is 0 Å². The number of nitrogens with one attached hydrogen (secondary N) is 1. The molecule has 0 saturated heterocycles. The Morgan fingerprint density at radius 2 is 1.86 bits per heavy atom. The fourth-order valence-electron chi connectivity index (χ4n) is 2.75. The molecular formula is C19H14F2N6O2. The molecule has 2 aromatic carbocycles. The number of rotatable bonds is 5. The van der Waals surface area contributed by atoms with E-state index in [9.17, 15) is 18.4 Å². The van der Waals surface area contributed by atoms with Crippen molar-refractivity contribution < 1.29 is 13.6 Å². The number of aromatic nitrogens is 5. The van der Waals surface area contributed by atoms with Crippen LogP contribution in [0.25, 0.3) is 16.9 Å². The lowest BCUT2D eigenvalue weighted by atomic mass is 10.2. The van der Waals surface area contributed by atoms with Crippen LogP contribution < -0.4 is 10.9 Å². The summed E-state index contributed by atoms with van der Waals surface area (Å²) in [5, 5.41) is 10.3. The second kappa shape index (κ2) is 7.58. The summed E-state index contributed by atoms with van der Waals surface area (Å²) < 4.78 is 28.7. The number of hydrogen-bond donors (Lipinski definition) is 1. The van der Waals surface area contributed by atoms with E-state index in [4.69, 9.17) is 0 Å². The number of carbonyl (C=O) groups excluding carboxylic acids is 1. The minimum Gasteiger partial charge on any atom is -0.350 e. The Morgan fingerprint density at radius 1 is 1.07 bits per heavy atom. The van der Waals surface area contributed by atoms with Gasteiger partial charge in [0.25, 0.3) is 5.56 Å². The lowest BCUT2D eigenvalue weighted by molar-refractivity contribution is -0.121. The summed E-state index contributed by atoms with van der Waals surface area (Å²) in [7, 11) is 0. The summed E-state index contributed by atoms with van der Waals surface area (Å²) in [5.41, 5.74) is 0.661. The molecule has 2 heterocycles. The van der Waals surface area contributed by atoms with Crippen molar-refractivity contribution >= 4 is 17.1 Å².